The summed E-state index contributed by atoms with van der Waals surface area (Å²) in [6.07, 6.45) is 7.64. The van der Waals surface area contributed by atoms with E-state index in [4.69, 9.17) is 19.8 Å². The Morgan fingerprint density at radius 2 is 1.70 bits per heavy atom. The Labute approximate surface area is 158 Å². The van der Waals surface area contributed by atoms with E-state index in [2.05, 4.69) is 4.72 Å². The van der Waals surface area contributed by atoms with E-state index in [1.807, 2.05) is 6.07 Å². The van der Waals surface area contributed by atoms with Gasteiger partial charge in [-0.2, -0.15) is 0 Å². The number of hydrogen-bond donors (Lipinski definition) is 4. The molecule has 1 heterocycles. The summed E-state index contributed by atoms with van der Waals surface area (Å²) in [6, 6.07) is 5.54. The third kappa shape index (κ3) is 4.72. The molecule has 2 unspecified atom stereocenters. The van der Waals surface area contributed by atoms with Crippen LogP contribution in [0.3, 0.4) is 0 Å². The molecular weight excluding hydrogens is 372 g/mol. The fourth-order valence-electron chi connectivity index (χ4n) is 4.18. The normalized spacial score (nSPS) is 24.2. The molecule has 1 aromatic rings. The fourth-order valence-corrected chi connectivity index (χ4v) is 5.50. The maximum Gasteiger partial charge on any atom is 0.428 e. The third-order valence-electron chi connectivity index (χ3n) is 5.45. The van der Waals surface area contributed by atoms with Crippen LogP contribution in [0.1, 0.15) is 62.8 Å². The lowest BCUT2D eigenvalue weighted by atomic mass is 9.83. The number of hydrogen-bond acceptors (Lipinski definition) is 5. The van der Waals surface area contributed by atoms with Crippen molar-refractivity contribution < 1.29 is 28.3 Å². The summed E-state index contributed by atoms with van der Waals surface area (Å²) in [5.41, 5.74) is 2.14. The Bertz CT molecular complexity index is 776. The van der Waals surface area contributed by atoms with Gasteiger partial charge in [0.05, 0.1) is 4.90 Å². The molecule has 0 bridgehead atoms. The molecule has 2 atom stereocenters. The Balaban J connectivity index is 0.000000376. The van der Waals surface area contributed by atoms with E-state index in [0.29, 0.717) is 10.8 Å². The molecule has 0 spiro atoms. The van der Waals surface area contributed by atoms with Crippen molar-refractivity contribution in [2.45, 2.75) is 74.3 Å². The number of nitrogens with one attached hydrogen (secondary N) is 2. The molecule has 2 fully saturated rings. The second-order valence-electron chi connectivity index (χ2n) is 7.27. The van der Waals surface area contributed by atoms with Crippen molar-refractivity contribution in [3.8, 4) is 5.75 Å². The van der Waals surface area contributed by atoms with Crippen molar-refractivity contribution in [2.75, 3.05) is 0 Å². The van der Waals surface area contributed by atoms with E-state index in [-0.39, 0.29) is 12.1 Å². The quantitative estimate of drug-likeness (QED) is 0.458. The van der Waals surface area contributed by atoms with Crippen LogP contribution in [0.4, 0.5) is 4.79 Å². The molecule has 8 nitrogen and oxygen atoms in total. The summed E-state index contributed by atoms with van der Waals surface area (Å²) in [7, 11) is -3.43. The van der Waals surface area contributed by atoms with Crippen LogP contribution in [0.5, 0.6) is 5.75 Å². The Kier molecular flexibility index (Phi) is 6.23. The second kappa shape index (κ2) is 8.45. The van der Waals surface area contributed by atoms with Crippen LogP contribution in [0.15, 0.2) is 23.1 Å². The van der Waals surface area contributed by atoms with Crippen molar-refractivity contribution in [1.82, 2.24) is 10.2 Å². The highest BCUT2D eigenvalue weighted by Crippen LogP contribution is 2.46. The van der Waals surface area contributed by atoms with Gasteiger partial charge >= 0.3 is 6.09 Å². The molecule has 27 heavy (non-hydrogen) atoms. The lowest BCUT2D eigenvalue weighted by Gasteiger charge is -2.23. The van der Waals surface area contributed by atoms with Gasteiger partial charge in [-0.05, 0) is 38.2 Å². The van der Waals surface area contributed by atoms with Crippen LogP contribution >= 0.6 is 0 Å². The van der Waals surface area contributed by atoms with E-state index >= 15 is 0 Å². The number of hydroxylamine groups is 1. The monoisotopic (exact) mass is 398 g/mol. The first-order valence-electron chi connectivity index (χ1n) is 9.36. The average molecular weight is 398 g/mol. The Morgan fingerprint density at radius 3 is 2.37 bits per heavy atom. The van der Waals surface area contributed by atoms with Gasteiger partial charge in [0.2, 0.25) is 10.0 Å². The number of rotatable bonds is 3. The van der Waals surface area contributed by atoms with Crippen molar-refractivity contribution in [3.63, 3.8) is 0 Å². The molecular formula is C18H26N2O6S. The Morgan fingerprint density at radius 1 is 1.07 bits per heavy atom. The van der Waals surface area contributed by atoms with E-state index in [9.17, 15) is 8.42 Å². The number of sulfonamides is 1. The van der Waals surface area contributed by atoms with Crippen LogP contribution < -0.4 is 14.9 Å². The standard InChI is InChI=1S/C17H23NO3S.CH3NO3/c19-22(20,18-12-5-1-2-6-12)13-9-10-15-14-7-3-4-8-16(14)21-17(15)11-13;3-1(4)2-5/h9-12,14,16,18H,1-8H2;2,5H,(H,3,4). The molecule has 1 aromatic carbocycles. The number of amides is 1. The minimum absolute atomic E-state index is 0.0988. The molecule has 1 aliphatic heterocycles. The molecule has 9 heteroatoms. The van der Waals surface area contributed by atoms with Crippen molar-refractivity contribution in [2.24, 2.45) is 0 Å². The van der Waals surface area contributed by atoms with Crippen LogP contribution in [-0.2, 0) is 10.0 Å². The average Bonchev–Trinajstić information content (AvgIpc) is 3.28. The van der Waals surface area contributed by atoms with Crippen molar-refractivity contribution in [3.05, 3.63) is 23.8 Å². The van der Waals surface area contributed by atoms with Gasteiger partial charge < -0.3 is 9.84 Å². The molecule has 2 aliphatic carbocycles. The fraction of sp³-hybridized carbons (Fsp3) is 0.611. The zero-order valence-electron chi connectivity index (χ0n) is 15.1. The SMILES string of the molecule is O=C(O)NO.O=S(=O)(NC1CCCC1)c1ccc2c(c1)OC1CCCCC21. The van der Waals surface area contributed by atoms with Gasteiger partial charge in [0.15, 0.2) is 0 Å². The highest BCUT2D eigenvalue weighted by Gasteiger charge is 2.36. The zero-order chi connectivity index (χ0) is 19.4. The van der Waals surface area contributed by atoms with Gasteiger partial charge in [-0.3, -0.25) is 5.21 Å². The first-order valence-corrected chi connectivity index (χ1v) is 10.8. The smallest absolute Gasteiger partial charge is 0.428 e. The lowest BCUT2D eigenvalue weighted by molar-refractivity contribution is 0.122. The molecule has 3 aliphatic rings. The van der Waals surface area contributed by atoms with Crippen LogP contribution in [-0.4, -0.2) is 37.0 Å². The molecule has 4 rings (SSSR count). The Hall–Kier alpha value is -1.84. The predicted molar refractivity (Wildman–Crippen MR) is 97.6 cm³/mol. The zero-order valence-corrected chi connectivity index (χ0v) is 15.9. The molecule has 1 amide bonds. The second-order valence-corrected chi connectivity index (χ2v) is 8.98. The topological polar surface area (TPSA) is 125 Å². The summed E-state index contributed by atoms with van der Waals surface area (Å²) in [5, 5.41) is 14.7. The van der Waals surface area contributed by atoms with Gasteiger partial charge in [0.25, 0.3) is 0 Å². The highest BCUT2D eigenvalue weighted by atomic mass is 32.2. The molecule has 2 saturated carbocycles. The van der Waals surface area contributed by atoms with E-state index in [1.165, 1.54) is 18.4 Å². The van der Waals surface area contributed by atoms with Crippen LogP contribution in [0, 0.1) is 0 Å². The summed E-state index contributed by atoms with van der Waals surface area (Å²) in [5.74, 6) is 1.24. The number of ether oxygens (including phenoxy) is 1. The maximum atomic E-state index is 12.5. The van der Waals surface area contributed by atoms with Crippen LogP contribution in [0.2, 0.25) is 0 Å². The molecule has 0 aromatic heterocycles. The highest BCUT2D eigenvalue weighted by molar-refractivity contribution is 7.89. The van der Waals surface area contributed by atoms with Crippen LogP contribution in [0.25, 0.3) is 0 Å². The van der Waals surface area contributed by atoms with E-state index < -0.39 is 16.1 Å². The minimum Gasteiger partial charge on any atom is -0.489 e. The number of fused-ring (bicyclic) bond motifs is 3. The minimum atomic E-state index is -3.43. The maximum absolute atomic E-state index is 12.5. The largest absolute Gasteiger partial charge is 0.489 e. The molecule has 4 N–H and O–H groups in total. The van der Waals surface area contributed by atoms with Gasteiger partial charge in [-0.15, -0.1) is 0 Å². The van der Waals surface area contributed by atoms with Gasteiger partial charge in [0, 0.05) is 23.6 Å². The summed E-state index contributed by atoms with van der Waals surface area (Å²) in [6.45, 7) is 0. The summed E-state index contributed by atoms with van der Waals surface area (Å²) in [4.78, 5) is 9.35. The van der Waals surface area contributed by atoms with Gasteiger partial charge in [-0.25, -0.2) is 23.4 Å². The number of benzene rings is 1. The van der Waals surface area contributed by atoms with Gasteiger partial charge in [0.1, 0.15) is 11.9 Å². The van der Waals surface area contributed by atoms with E-state index in [0.717, 1.165) is 49.8 Å². The van der Waals surface area contributed by atoms with Crippen molar-refractivity contribution in [1.29, 1.82) is 0 Å². The first kappa shape index (κ1) is 19.9. The number of carboxylic acid groups (broad SMARTS) is 1. The van der Waals surface area contributed by atoms with E-state index in [1.54, 1.807) is 12.1 Å². The third-order valence-corrected chi connectivity index (χ3v) is 6.97. The molecule has 0 radical (unpaired) electrons. The lowest BCUT2D eigenvalue weighted by Crippen LogP contribution is -2.32. The predicted octanol–water partition coefficient (Wildman–Crippen LogP) is 2.97. The first-order chi connectivity index (χ1) is 12.9. The molecule has 150 valence electrons. The molecule has 0 saturated heterocycles. The summed E-state index contributed by atoms with van der Waals surface area (Å²) >= 11 is 0. The summed E-state index contributed by atoms with van der Waals surface area (Å²) < 4.78 is 33.9. The van der Waals surface area contributed by atoms with Gasteiger partial charge in [-0.1, -0.05) is 25.3 Å². The van der Waals surface area contributed by atoms with Crippen molar-refractivity contribution >= 4 is 16.1 Å². The number of carbonyl (C=O) groups is 1.